The molecule has 2 rings (SSSR count). The topological polar surface area (TPSA) is 97.4 Å². The molecule has 218 valence electrons. The second kappa shape index (κ2) is 13.0. The van der Waals surface area contributed by atoms with Crippen LogP contribution in [-0.2, 0) is 24.5 Å². The van der Waals surface area contributed by atoms with Crippen molar-refractivity contribution in [1.82, 2.24) is 0 Å². The number of hydrogen-bond acceptors (Lipinski definition) is 8. The number of methoxy groups -OCH3 is 1. The maximum Gasteiger partial charge on any atom is 0.314 e. The van der Waals surface area contributed by atoms with Crippen molar-refractivity contribution in [2.24, 2.45) is 10.8 Å². The summed E-state index contributed by atoms with van der Waals surface area (Å²) in [4.78, 5) is 36.8. The van der Waals surface area contributed by atoms with Gasteiger partial charge in [0, 0.05) is 22.8 Å². The van der Waals surface area contributed by atoms with Gasteiger partial charge in [0.15, 0.2) is 5.78 Å². The highest BCUT2D eigenvalue weighted by atomic mass is 16.7. The molecular weight excluding hydrogens is 512 g/mol. The molecule has 2 aromatic carbocycles. The lowest BCUT2D eigenvalue weighted by Gasteiger charge is -2.25. The van der Waals surface area contributed by atoms with Crippen LogP contribution >= 0.6 is 0 Å². The van der Waals surface area contributed by atoms with E-state index in [1.165, 1.54) is 13.2 Å². The van der Waals surface area contributed by atoms with Crippen LogP contribution in [0.25, 0.3) is 6.08 Å². The molecule has 0 saturated carbocycles. The van der Waals surface area contributed by atoms with Crippen molar-refractivity contribution in [1.29, 1.82) is 0 Å². The van der Waals surface area contributed by atoms with E-state index in [0.29, 0.717) is 28.4 Å². The second-order valence-electron chi connectivity index (χ2n) is 12.5. The molecule has 0 N–H and O–H groups in total. The molecule has 0 aromatic heterocycles. The van der Waals surface area contributed by atoms with Gasteiger partial charge in [-0.3, -0.25) is 14.4 Å². The van der Waals surface area contributed by atoms with Gasteiger partial charge in [0.2, 0.25) is 13.6 Å². The Balaban J connectivity index is 2.16. The van der Waals surface area contributed by atoms with Crippen LogP contribution in [0.4, 0.5) is 0 Å². The van der Waals surface area contributed by atoms with E-state index in [9.17, 15) is 14.4 Å². The monoisotopic (exact) mass is 554 g/mol. The van der Waals surface area contributed by atoms with E-state index in [4.69, 9.17) is 23.7 Å². The first-order valence-corrected chi connectivity index (χ1v) is 13.1. The third-order valence-electron chi connectivity index (χ3n) is 5.74. The Morgan fingerprint density at radius 1 is 0.725 bits per heavy atom. The number of carbonyl (C=O) groups excluding carboxylic acids is 3. The summed E-state index contributed by atoms with van der Waals surface area (Å²) in [5.74, 6) is 0.569. The number of carbonyl (C=O) groups is 3. The molecule has 0 aliphatic carbocycles. The molecule has 0 atom stereocenters. The third kappa shape index (κ3) is 9.43. The number of benzene rings is 2. The van der Waals surface area contributed by atoms with E-state index in [1.807, 2.05) is 26.8 Å². The average molecular weight is 555 g/mol. The first-order chi connectivity index (χ1) is 18.4. The van der Waals surface area contributed by atoms with Gasteiger partial charge in [0.1, 0.15) is 17.2 Å². The van der Waals surface area contributed by atoms with Crippen LogP contribution in [0.5, 0.6) is 17.2 Å². The molecule has 0 aliphatic rings. The lowest BCUT2D eigenvalue weighted by atomic mass is 9.85. The van der Waals surface area contributed by atoms with Crippen LogP contribution in [0.1, 0.15) is 83.8 Å². The van der Waals surface area contributed by atoms with Crippen molar-refractivity contribution in [2.45, 2.75) is 67.7 Å². The Kier molecular flexibility index (Phi) is 10.6. The molecule has 0 unspecified atom stereocenters. The molecule has 0 heterocycles. The molecule has 8 heteroatoms. The van der Waals surface area contributed by atoms with Gasteiger partial charge < -0.3 is 23.7 Å². The molecule has 8 nitrogen and oxygen atoms in total. The molecule has 0 saturated heterocycles. The fourth-order valence-electron chi connectivity index (χ4n) is 3.30. The standard InChI is InChI=1S/C32H42O8/c1-30(2,3)24-17-22(26(36-10)18-27(24)38-20-40-29(35)32(7,8)9)13-16-25(33)21-11-14-23(15-12-21)37-19-39-28(34)31(4,5)6/h11-18H,19-20H2,1-10H3. The summed E-state index contributed by atoms with van der Waals surface area (Å²) in [7, 11) is 1.53. The Labute approximate surface area is 237 Å². The van der Waals surface area contributed by atoms with Crippen LogP contribution in [0.3, 0.4) is 0 Å². The van der Waals surface area contributed by atoms with E-state index in [2.05, 4.69) is 0 Å². The number of ether oxygens (including phenoxy) is 5. The van der Waals surface area contributed by atoms with Crippen molar-refractivity contribution in [2.75, 3.05) is 20.7 Å². The van der Waals surface area contributed by atoms with Gasteiger partial charge in [-0.05, 0) is 89.4 Å². The van der Waals surface area contributed by atoms with Crippen LogP contribution in [0.2, 0.25) is 0 Å². The van der Waals surface area contributed by atoms with Crippen molar-refractivity contribution in [3.63, 3.8) is 0 Å². The SMILES string of the molecule is COc1cc(OCOC(=O)C(C)(C)C)c(C(C)(C)C)cc1C=CC(=O)c1ccc(OCOC(=O)C(C)(C)C)cc1. The zero-order chi connectivity index (χ0) is 30.3. The molecule has 0 aliphatic heterocycles. The van der Waals surface area contributed by atoms with E-state index >= 15 is 0 Å². The van der Waals surface area contributed by atoms with Gasteiger partial charge in [0.25, 0.3) is 0 Å². The van der Waals surface area contributed by atoms with Gasteiger partial charge in [-0.15, -0.1) is 0 Å². The summed E-state index contributed by atoms with van der Waals surface area (Å²) in [5.41, 5.74) is 0.464. The number of allylic oxidation sites excluding steroid dienone is 1. The quantitative estimate of drug-likeness (QED) is 0.138. The lowest BCUT2D eigenvalue weighted by molar-refractivity contribution is -0.160. The first-order valence-electron chi connectivity index (χ1n) is 13.1. The van der Waals surface area contributed by atoms with Crippen LogP contribution in [0.15, 0.2) is 42.5 Å². The Hall–Kier alpha value is -3.81. The van der Waals surface area contributed by atoms with Gasteiger partial charge in [-0.25, -0.2) is 0 Å². The minimum atomic E-state index is -0.636. The average Bonchev–Trinajstić information content (AvgIpc) is 2.85. The summed E-state index contributed by atoms with van der Waals surface area (Å²) < 4.78 is 27.2. The number of esters is 2. The van der Waals surface area contributed by atoms with Crippen LogP contribution < -0.4 is 14.2 Å². The Morgan fingerprint density at radius 2 is 1.25 bits per heavy atom. The number of rotatable bonds is 10. The molecule has 2 aromatic rings. The second-order valence-corrected chi connectivity index (χ2v) is 12.5. The summed E-state index contributed by atoms with van der Waals surface area (Å²) >= 11 is 0. The zero-order valence-electron chi connectivity index (χ0n) is 25.3. The summed E-state index contributed by atoms with van der Waals surface area (Å²) in [6.07, 6.45) is 3.16. The normalized spacial score (nSPS) is 12.2. The fourth-order valence-corrected chi connectivity index (χ4v) is 3.30. The zero-order valence-corrected chi connectivity index (χ0v) is 25.3. The van der Waals surface area contributed by atoms with Gasteiger partial charge in [-0.2, -0.15) is 0 Å². The highest BCUT2D eigenvalue weighted by Crippen LogP contribution is 2.37. The number of ketones is 1. The van der Waals surface area contributed by atoms with E-state index in [1.54, 1.807) is 78.0 Å². The summed E-state index contributed by atoms with van der Waals surface area (Å²) in [6.45, 7) is 16.3. The predicted molar refractivity (Wildman–Crippen MR) is 154 cm³/mol. The molecule has 0 bridgehead atoms. The molecule has 40 heavy (non-hydrogen) atoms. The van der Waals surface area contributed by atoms with Gasteiger partial charge in [0.05, 0.1) is 17.9 Å². The van der Waals surface area contributed by atoms with Crippen LogP contribution in [0, 0.1) is 10.8 Å². The third-order valence-corrected chi connectivity index (χ3v) is 5.74. The largest absolute Gasteiger partial charge is 0.496 e. The fraction of sp³-hybridized carbons (Fsp3) is 0.469. The van der Waals surface area contributed by atoms with Crippen molar-refractivity contribution < 1.29 is 38.1 Å². The highest BCUT2D eigenvalue weighted by molar-refractivity contribution is 6.07. The maximum atomic E-state index is 12.9. The molecule has 0 spiro atoms. The molecule has 0 amide bonds. The maximum absolute atomic E-state index is 12.9. The smallest absolute Gasteiger partial charge is 0.314 e. The van der Waals surface area contributed by atoms with Gasteiger partial charge in [-0.1, -0.05) is 20.8 Å². The highest BCUT2D eigenvalue weighted by Gasteiger charge is 2.25. The van der Waals surface area contributed by atoms with Crippen molar-refractivity contribution >= 4 is 23.8 Å². The van der Waals surface area contributed by atoms with E-state index in [-0.39, 0.29) is 36.7 Å². The number of hydrogen-bond donors (Lipinski definition) is 0. The first kappa shape index (κ1) is 32.4. The van der Waals surface area contributed by atoms with E-state index in [0.717, 1.165) is 5.56 Å². The van der Waals surface area contributed by atoms with E-state index < -0.39 is 10.8 Å². The Bertz CT molecular complexity index is 1220. The van der Waals surface area contributed by atoms with Crippen molar-refractivity contribution in [3.05, 3.63) is 59.2 Å². The van der Waals surface area contributed by atoms with Gasteiger partial charge >= 0.3 is 11.9 Å². The van der Waals surface area contributed by atoms with Crippen molar-refractivity contribution in [3.8, 4) is 17.2 Å². The predicted octanol–water partition coefficient (Wildman–Crippen LogP) is 6.74. The molecular formula is C32H42O8. The Morgan fingerprint density at radius 3 is 1.73 bits per heavy atom. The van der Waals surface area contributed by atoms with Crippen LogP contribution in [-0.4, -0.2) is 38.4 Å². The lowest BCUT2D eigenvalue weighted by Crippen LogP contribution is -2.25. The summed E-state index contributed by atoms with van der Waals surface area (Å²) in [5, 5.41) is 0. The minimum Gasteiger partial charge on any atom is -0.496 e. The minimum absolute atomic E-state index is 0.209. The summed E-state index contributed by atoms with van der Waals surface area (Å²) in [6, 6.07) is 10.2. The molecule has 0 fully saturated rings. The molecule has 0 radical (unpaired) electrons.